The normalized spacial score (nSPS) is 22.1. The fraction of sp³-hybridized carbons (Fsp3) is 0.500. The van der Waals surface area contributed by atoms with Gasteiger partial charge >= 0.3 is 0 Å². The van der Waals surface area contributed by atoms with Crippen LogP contribution < -0.4 is 5.73 Å². The van der Waals surface area contributed by atoms with Gasteiger partial charge in [-0.05, 0) is 18.4 Å². The summed E-state index contributed by atoms with van der Waals surface area (Å²) in [5.41, 5.74) is 7.37. The van der Waals surface area contributed by atoms with Crippen molar-refractivity contribution in [3.8, 4) is 0 Å². The van der Waals surface area contributed by atoms with Crippen LogP contribution in [0.1, 0.15) is 17.8 Å². The van der Waals surface area contributed by atoms with Gasteiger partial charge in [-0.25, -0.2) is 8.42 Å². The lowest BCUT2D eigenvalue weighted by molar-refractivity contribution is 0.566. The maximum Gasteiger partial charge on any atom is 0.165 e. The first-order valence-corrected chi connectivity index (χ1v) is 8.13. The first-order chi connectivity index (χ1) is 9.09. The molecule has 102 valence electrons. The van der Waals surface area contributed by atoms with Gasteiger partial charge in [-0.15, -0.1) is 10.2 Å². The number of rotatable bonds is 3. The molecule has 3 heterocycles. The molecule has 2 aromatic heterocycles. The van der Waals surface area contributed by atoms with Crippen molar-refractivity contribution >= 4 is 15.5 Å². The Morgan fingerprint density at radius 1 is 1.42 bits per heavy atom. The molecule has 1 unspecified atom stereocenters. The van der Waals surface area contributed by atoms with E-state index in [0.717, 1.165) is 17.0 Å². The van der Waals surface area contributed by atoms with E-state index in [1.165, 1.54) is 0 Å². The van der Waals surface area contributed by atoms with Crippen LogP contribution in [0.5, 0.6) is 0 Å². The summed E-state index contributed by atoms with van der Waals surface area (Å²) in [6.07, 6.45) is 3.26. The predicted octanol–water partition coefficient (Wildman–Crippen LogP) is 0.165. The molecule has 1 saturated heterocycles. The molecule has 19 heavy (non-hydrogen) atoms. The zero-order valence-electron chi connectivity index (χ0n) is 10.5. The first-order valence-electron chi connectivity index (χ1n) is 6.31. The van der Waals surface area contributed by atoms with E-state index in [1.807, 2.05) is 22.7 Å². The van der Waals surface area contributed by atoms with Crippen LogP contribution in [0.15, 0.2) is 18.3 Å². The predicted molar refractivity (Wildman–Crippen MR) is 71.3 cm³/mol. The van der Waals surface area contributed by atoms with Crippen molar-refractivity contribution in [2.24, 2.45) is 11.7 Å². The minimum Gasteiger partial charge on any atom is -0.326 e. The van der Waals surface area contributed by atoms with Crippen LogP contribution in [0, 0.1) is 5.92 Å². The Balaban J connectivity index is 1.90. The lowest BCUT2D eigenvalue weighted by Crippen LogP contribution is -2.10. The Kier molecular flexibility index (Phi) is 3.02. The molecule has 0 saturated carbocycles. The Hall–Kier alpha value is -1.47. The molecule has 0 radical (unpaired) electrons. The SMILES string of the molecule is NCc1cccn2c(CC3CCS(=O)(=O)C3)nnc12. The summed E-state index contributed by atoms with van der Waals surface area (Å²) in [5, 5.41) is 8.33. The van der Waals surface area contributed by atoms with Crippen LogP contribution in [0.2, 0.25) is 0 Å². The van der Waals surface area contributed by atoms with Gasteiger partial charge in [-0.1, -0.05) is 6.07 Å². The molecule has 2 aromatic rings. The van der Waals surface area contributed by atoms with E-state index in [4.69, 9.17) is 5.73 Å². The van der Waals surface area contributed by atoms with Gasteiger partial charge in [0.15, 0.2) is 15.5 Å². The first kappa shape index (κ1) is 12.6. The molecular weight excluding hydrogens is 264 g/mol. The maximum absolute atomic E-state index is 11.5. The Labute approximate surface area is 111 Å². The van der Waals surface area contributed by atoms with Crippen molar-refractivity contribution < 1.29 is 8.42 Å². The van der Waals surface area contributed by atoms with E-state index in [-0.39, 0.29) is 11.7 Å². The maximum atomic E-state index is 11.5. The number of fused-ring (bicyclic) bond motifs is 1. The van der Waals surface area contributed by atoms with Crippen LogP contribution in [-0.4, -0.2) is 34.5 Å². The minimum atomic E-state index is -2.84. The highest BCUT2D eigenvalue weighted by Gasteiger charge is 2.29. The van der Waals surface area contributed by atoms with Gasteiger partial charge in [0.05, 0.1) is 11.5 Å². The second-order valence-electron chi connectivity index (χ2n) is 5.02. The van der Waals surface area contributed by atoms with Crippen LogP contribution in [0.4, 0.5) is 0 Å². The summed E-state index contributed by atoms with van der Waals surface area (Å²) in [4.78, 5) is 0. The quantitative estimate of drug-likeness (QED) is 0.865. The molecule has 0 spiro atoms. The molecule has 1 atom stereocenters. The van der Waals surface area contributed by atoms with Crippen molar-refractivity contribution in [3.63, 3.8) is 0 Å². The van der Waals surface area contributed by atoms with Gasteiger partial charge in [0.1, 0.15) is 5.82 Å². The summed E-state index contributed by atoms with van der Waals surface area (Å²) >= 11 is 0. The van der Waals surface area contributed by atoms with E-state index >= 15 is 0 Å². The molecule has 0 amide bonds. The number of nitrogens with zero attached hydrogens (tertiary/aromatic N) is 3. The van der Waals surface area contributed by atoms with Gasteiger partial charge in [-0.3, -0.25) is 4.40 Å². The van der Waals surface area contributed by atoms with Gasteiger partial charge < -0.3 is 5.73 Å². The van der Waals surface area contributed by atoms with Gasteiger partial charge in [-0.2, -0.15) is 0 Å². The minimum absolute atomic E-state index is 0.152. The Morgan fingerprint density at radius 2 is 2.26 bits per heavy atom. The van der Waals surface area contributed by atoms with E-state index in [1.54, 1.807) is 0 Å². The third kappa shape index (κ3) is 2.35. The zero-order valence-corrected chi connectivity index (χ0v) is 11.3. The zero-order chi connectivity index (χ0) is 13.5. The number of pyridine rings is 1. The molecule has 6 nitrogen and oxygen atoms in total. The summed E-state index contributed by atoms with van der Waals surface area (Å²) < 4.78 is 24.9. The largest absolute Gasteiger partial charge is 0.326 e. The third-order valence-electron chi connectivity index (χ3n) is 3.60. The lowest BCUT2D eigenvalue weighted by Gasteiger charge is -2.06. The number of nitrogens with two attached hydrogens (primary N) is 1. The molecule has 1 aliphatic heterocycles. The van der Waals surface area contributed by atoms with Crippen molar-refractivity contribution in [2.75, 3.05) is 11.5 Å². The Bertz CT molecular complexity index is 708. The second kappa shape index (κ2) is 4.57. The Morgan fingerprint density at radius 3 is 2.95 bits per heavy atom. The molecule has 0 aromatic carbocycles. The van der Waals surface area contributed by atoms with Crippen LogP contribution >= 0.6 is 0 Å². The highest BCUT2D eigenvalue weighted by atomic mass is 32.2. The summed E-state index contributed by atoms with van der Waals surface area (Å²) in [6.45, 7) is 0.417. The summed E-state index contributed by atoms with van der Waals surface area (Å²) in [5.74, 6) is 1.52. The monoisotopic (exact) mass is 280 g/mol. The highest BCUT2D eigenvalue weighted by Crippen LogP contribution is 2.22. The van der Waals surface area contributed by atoms with Gasteiger partial charge in [0, 0.05) is 24.7 Å². The molecule has 1 aliphatic rings. The third-order valence-corrected chi connectivity index (χ3v) is 5.44. The lowest BCUT2D eigenvalue weighted by atomic mass is 10.1. The molecule has 2 N–H and O–H groups in total. The fourth-order valence-corrected chi connectivity index (χ4v) is 4.47. The van der Waals surface area contributed by atoms with E-state index < -0.39 is 9.84 Å². The van der Waals surface area contributed by atoms with Crippen LogP contribution in [0.25, 0.3) is 5.65 Å². The van der Waals surface area contributed by atoms with Crippen LogP contribution in [0.3, 0.4) is 0 Å². The second-order valence-corrected chi connectivity index (χ2v) is 7.25. The molecule has 7 heteroatoms. The summed E-state index contributed by atoms with van der Waals surface area (Å²) in [6, 6.07) is 3.83. The van der Waals surface area contributed by atoms with Crippen molar-refractivity contribution in [1.82, 2.24) is 14.6 Å². The van der Waals surface area contributed by atoms with Crippen molar-refractivity contribution in [2.45, 2.75) is 19.4 Å². The molecule has 1 fully saturated rings. The average molecular weight is 280 g/mol. The molecule has 3 rings (SSSR count). The van der Waals surface area contributed by atoms with Gasteiger partial charge in [0.2, 0.25) is 0 Å². The van der Waals surface area contributed by atoms with Crippen molar-refractivity contribution in [3.05, 3.63) is 29.7 Å². The van der Waals surface area contributed by atoms with Crippen molar-refractivity contribution in [1.29, 1.82) is 0 Å². The molecule has 0 aliphatic carbocycles. The summed E-state index contributed by atoms with van der Waals surface area (Å²) in [7, 11) is -2.84. The molecule has 0 bridgehead atoms. The van der Waals surface area contributed by atoms with E-state index in [0.29, 0.717) is 25.1 Å². The van der Waals surface area contributed by atoms with E-state index in [2.05, 4.69) is 10.2 Å². The fourth-order valence-electron chi connectivity index (χ4n) is 2.61. The van der Waals surface area contributed by atoms with E-state index in [9.17, 15) is 8.42 Å². The number of hydrogen-bond donors (Lipinski definition) is 1. The smallest absolute Gasteiger partial charge is 0.165 e. The highest BCUT2D eigenvalue weighted by molar-refractivity contribution is 7.91. The average Bonchev–Trinajstić information content (AvgIpc) is 2.93. The number of hydrogen-bond acceptors (Lipinski definition) is 5. The number of aromatic nitrogens is 3. The standard InChI is InChI=1S/C12H16N4O2S/c13-7-10-2-1-4-16-11(14-15-12(10)16)6-9-3-5-19(17,18)8-9/h1-2,4,9H,3,5-8,13H2. The topological polar surface area (TPSA) is 90.3 Å². The molecular formula is C12H16N4O2S. The number of sulfone groups is 1. The van der Waals surface area contributed by atoms with Crippen LogP contribution in [-0.2, 0) is 22.8 Å². The van der Waals surface area contributed by atoms with Gasteiger partial charge in [0.25, 0.3) is 0 Å².